The number of phenols is 1. The molecule has 3 nitrogen and oxygen atoms in total. The largest absolute Gasteiger partial charge is 0.507 e. The van der Waals surface area contributed by atoms with Crippen molar-refractivity contribution in [1.82, 2.24) is 4.98 Å². The number of rotatable bonds is 1. The third-order valence-corrected chi connectivity index (χ3v) is 3.19. The molecule has 74 valence electrons. The normalized spacial score (nSPS) is 17.5. The number of nitriles is 1. The molecule has 0 bridgehead atoms. The summed E-state index contributed by atoms with van der Waals surface area (Å²) in [5, 5.41) is 20.0. The van der Waals surface area contributed by atoms with Crippen molar-refractivity contribution < 1.29 is 5.11 Å². The lowest BCUT2D eigenvalue weighted by Gasteiger charge is -2.09. The van der Waals surface area contributed by atoms with Crippen LogP contribution >= 0.6 is 0 Å². The molecule has 2 aromatic rings. The number of aromatic nitrogens is 1. The summed E-state index contributed by atoms with van der Waals surface area (Å²) in [5.74, 6) is 0.257. The van der Waals surface area contributed by atoms with Gasteiger partial charge >= 0.3 is 0 Å². The predicted octanol–water partition coefficient (Wildman–Crippen LogP) is 2.43. The number of hydrogen-bond acceptors (Lipinski definition) is 2. The van der Waals surface area contributed by atoms with Gasteiger partial charge in [-0.3, -0.25) is 0 Å². The molecule has 0 amide bonds. The van der Waals surface area contributed by atoms with Gasteiger partial charge in [-0.05, 0) is 25.0 Å². The maximum Gasteiger partial charge on any atom is 0.129 e. The van der Waals surface area contributed by atoms with Crippen LogP contribution < -0.4 is 0 Å². The first-order valence-corrected chi connectivity index (χ1v) is 4.98. The van der Waals surface area contributed by atoms with E-state index in [0.717, 1.165) is 29.3 Å². The molecule has 1 fully saturated rings. The summed E-state index contributed by atoms with van der Waals surface area (Å²) in [6.45, 7) is 0. The van der Waals surface area contributed by atoms with Crippen molar-refractivity contribution in [2.45, 2.75) is 18.3 Å². The quantitative estimate of drug-likeness (QED) is 0.739. The molecule has 3 heteroatoms. The van der Waals surface area contributed by atoms with Crippen LogP contribution in [0.1, 0.15) is 18.4 Å². The Morgan fingerprint density at radius 2 is 2.13 bits per heavy atom. The van der Waals surface area contributed by atoms with Crippen molar-refractivity contribution in [3.05, 3.63) is 30.0 Å². The molecule has 0 radical (unpaired) electrons. The van der Waals surface area contributed by atoms with E-state index < -0.39 is 5.41 Å². The lowest BCUT2D eigenvalue weighted by molar-refractivity contribution is 0.471. The molecule has 1 aromatic heterocycles. The summed E-state index contributed by atoms with van der Waals surface area (Å²) < 4.78 is 0. The van der Waals surface area contributed by atoms with Crippen molar-refractivity contribution in [2.24, 2.45) is 0 Å². The second-order valence-corrected chi connectivity index (χ2v) is 4.09. The zero-order valence-corrected chi connectivity index (χ0v) is 8.12. The number of hydrogen-bond donors (Lipinski definition) is 2. The molecule has 1 aliphatic carbocycles. The van der Waals surface area contributed by atoms with Crippen LogP contribution in [-0.4, -0.2) is 10.1 Å². The molecule has 15 heavy (non-hydrogen) atoms. The van der Waals surface area contributed by atoms with Crippen LogP contribution in [0, 0.1) is 11.3 Å². The van der Waals surface area contributed by atoms with Gasteiger partial charge in [0.25, 0.3) is 0 Å². The monoisotopic (exact) mass is 198 g/mol. The molecule has 1 aliphatic rings. The number of fused-ring (bicyclic) bond motifs is 1. The van der Waals surface area contributed by atoms with E-state index in [-0.39, 0.29) is 5.75 Å². The molecule has 1 saturated carbocycles. The second-order valence-electron chi connectivity index (χ2n) is 4.09. The van der Waals surface area contributed by atoms with Gasteiger partial charge in [0.05, 0.1) is 11.5 Å². The fourth-order valence-electron chi connectivity index (χ4n) is 2.07. The highest BCUT2D eigenvalue weighted by Gasteiger charge is 2.46. The zero-order chi connectivity index (χ0) is 10.5. The maximum absolute atomic E-state index is 10.1. The van der Waals surface area contributed by atoms with Crippen LogP contribution in [0.2, 0.25) is 0 Å². The van der Waals surface area contributed by atoms with E-state index in [1.807, 2.05) is 18.2 Å². The first kappa shape index (κ1) is 8.37. The molecule has 3 rings (SSSR count). The third kappa shape index (κ3) is 0.991. The molecule has 1 aromatic carbocycles. The van der Waals surface area contributed by atoms with Crippen LogP contribution in [0.4, 0.5) is 0 Å². The summed E-state index contributed by atoms with van der Waals surface area (Å²) in [4.78, 5) is 3.03. The van der Waals surface area contributed by atoms with Gasteiger partial charge < -0.3 is 10.1 Å². The van der Waals surface area contributed by atoms with Gasteiger partial charge in [-0.15, -0.1) is 0 Å². The highest BCUT2D eigenvalue weighted by molar-refractivity contribution is 5.87. The Balaban J connectivity index is 2.29. The van der Waals surface area contributed by atoms with E-state index in [2.05, 4.69) is 11.1 Å². The molecule has 0 unspecified atom stereocenters. The van der Waals surface area contributed by atoms with Crippen LogP contribution in [0.3, 0.4) is 0 Å². The molecule has 0 spiro atoms. The average Bonchev–Trinajstić information content (AvgIpc) is 2.89. The first-order chi connectivity index (χ1) is 7.27. The number of H-pyrrole nitrogens is 1. The van der Waals surface area contributed by atoms with Gasteiger partial charge in [0.1, 0.15) is 5.75 Å². The standard InChI is InChI=1S/C12H10N2O/c13-7-12(4-5-12)9-1-2-10-8(11(9)15)3-6-14-10/h1-3,6,14-15H,4-5H2. The van der Waals surface area contributed by atoms with Crippen LogP contribution in [-0.2, 0) is 5.41 Å². The Morgan fingerprint density at radius 1 is 1.33 bits per heavy atom. The summed E-state index contributed by atoms with van der Waals surface area (Å²) >= 11 is 0. The van der Waals surface area contributed by atoms with Gasteiger partial charge in [0, 0.05) is 22.7 Å². The predicted molar refractivity (Wildman–Crippen MR) is 56.5 cm³/mol. The number of aromatic amines is 1. The lowest BCUT2D eigenvalue weighted by atomic mass is 9.95. The summed E-state index contributed by atoms with van der Waals surface area (Å²) in [6.07, 6.45) is 3.50. The number of benzene rings is 1. The Labute approximate surface area is 87.0 Å². The van der Waals surface area contributed by atoms with Gasteiger partial charge in [0.15, 0.2) is 0 Å². The summed E-state index contributed by atoms with van der Waals surface area (Å²) in [6, 6.07) is 7.90. The van der Waals surface area contributed by atoms with E-state index in [4.69, 9.17) is 5.26 Å². The Kier molecular flexibility index (Phi) is 1.42. The van der Waals surface area contributed by atoms with E-state index in [1.54, 1.807) is 6.20 Å². The van der Waals surface area contributed by atoms with Crippen LogP contribution in [0.25, 0.3) is 10.9 Å². The second kappa shape index (κ2) is 2.54. The minimum atomic E-state index is -0.421. The van der Waals surface area contributed by atoms with Crippen LogP contribution in [0.5, 0.6) is 5.75 Å². The van der Waals surface area contributed by atoms with E-state index in [0.29, 0.717) is 0 Å². The van der Waals surface area contributed by atoms with Gasteiger partial charge in [-0.25, -0.2) is 0 Å². The highest BCUT2D eigenvalue weighted by atomic mass is 16.3. The third-order valence-electron chi connectivity index (χ3n) is 3.19. The van der Waals surface area contributed by atoms with Crippen LogP contribution in [0.15, 0.2) is 24.4 Å². The number of aromatic hydroxyl groups is 1. The van der Waals surface area contributed by atoms with Gasteiger partial charge in [-0.1, -0.05) is 6.07 Å². The van der Waals surface area contributed by atoms with E-state index in [1.165, 1.54) is 0 Å². The SMILES string of the molecule is N#CC1(c2ccc3[nH]ccc3c2O)CC1. The maximum atomic E-state index is 10.1. The van der Waals surface area contributed by atoms with Crippen molar-refractivity contribution in [2.75, 3.05) is 0 Å². The smallest absolute Gasteiger partial charge is 0.129 e. The fraction of sp³-hybridized carbons (Fsp3) is 0.250. The molecule has 0 atom stereocenters. The summed E-state index contributed by atoms with van der Waals surface area (Å²) in [7, 11) is 0. The van der Waals surface area contributed by atoms with Crippen molar-refractivity contribution in [3.63, 3.8) is 0 Å². The molecule has 2 N–H and O–H groups in total. The minimum absolute atomic E-state index is 0.257. The van der Waals surface area contributed by atoms with Crippen molar-refractivity contribution >= 4 is 10.9 Å². The summed E-state index contributed by atoms with van der Waals surface area (Å²) in [5.41, 5.74) is 1.26. The highest BCUT2D eigenvalue weighted by Crippen LogP contribution is 2.51. The molecular formula is C12H10N2O. The molecule has 0 saturated heterocycles. The Bertz CT molecular complexity index is 573. The van der Waals surface area contributed by atoms with E-state index in [9.17, 15) is 5.11 Å². The Morgan fingerprint density at radius 3 is 2.80 bits per heavy atom. The first-order valence-electron chi connectivity index (χ1n) is 4.98. The molecule has 1 heterocycles. The topological polar surface area (TPSA) is 59.8 Å². The van der Waals surface area contributed by atoms with Crippen molar-refractivity contribution in [1.29, 1.82) is 5.26 Å². The van der Waals surface area contributed by atoms with Crippen molar-refractivity contribution in [3.8, 4) is 11.8 Å². The number of nitrogens with one attached hydrogen (secondary N) is 1. The fourth-order valence-corrected chi connectivity index (χ4v) is 2.07. The van der Waals surface area contributed by atoms with Gasteiger partial charge in [-0.2, -0.15) is 5.26 Å². The lowest BCUT2D eigenvalue weighted by Crippen LogP contribution is -2.02. The number of nitrogens with zero attached hydrogens (tertiary/aromatic N) is 1. The molecule has 0 aliphatic heterocycles. The van der Waals surface area contributed by atoms with Gasteiger partial charge in [0.2, 0.25) is 0 Å². The zero-order valence-electron chi connectivity index (χ0n) is 8.12. The van der Waals surface area contributed by atoms with E-state index >= 15 is 0 Å². The number of phenolic OH excluding ortho intramolecular Hbond substituents is 1. The molecular weight excluding hydrogens is 188 g/mol. The minimum Gasteiger partial charge on any atom is -0.507 e. The Hall–Kier alpha value is -1.95. The average molecular weight is 198 g/mol.